The van der Waals surface area contributed by atoms with Gasteiger partial charge in [-0.3, -0.25) is 19.3 Å². The normalized spacial score (nSPS) is 14.4. The summed E-state index contributed by atoms with van der Waals surface area (Å²) in [5.74, 6) is -1.89. The van der Waals surface area contributed by atoms with Crippen LogP contribution < -0.4 is 0 Å². The number of Topliss-reactive ketones (excluding diaryl/α,β-unsaturated/α-hetero) is 1. The van der Waals surface area contributed by atoms with Crippen molar-refractivity contribution < 1.29 is 14.4 Å². The Labute approximate surface area is 131 Å². The second-order valence-corrected chi connectivity index (χ2v) is 5.43. The van der Waals surface area contributed by atoms with Gasteiger partial charge in [-0.05, 0) is 11.6 Å². The molecule has 112 valence electrons. The lowest BCUT2D eigenvalue weighted by Gasteiger charge is -2.24. The van der Waals surface area contributed by atoms with Crippen LogP contribution in [0.4, 0.5) is 0 Å². The number of rotatable bonds is 2. The van der Waals surface area contributed by atoms with Crippen molar-refractivity contribution in [3.8, 4) is 0 Å². The molecule has 1 aliphatic heterocycles. The van der Waals surface area contributed by atoms with Crippen molar-refractivity contribution in [3.63, 3.8) is 0 Å². The number of H-pyrrole nitrogens is 1. The molecule has 0 atom stereocenters. The third kappa shape index (κ3) is 1.97. The van der Waals surface area contributed by atoms with E-state index in [2.05, 4.69) is 4.98 Å². The van der Waals surface area contributed by atoms with Gasteiger partial charge >= 0.3 is 5.91 Å². The van der Waals surface area contributed by atoms with E-state index in [0.717, 1.165) is 10.5 Å². The summed E-state index contributed by atoms with van der Waals surface area (Å²) in [6.45, 7) is 0.0824. The third-order valence-electron chi connectivity index (χ3n) is 4.02. The SMILES string of the molecule is O=C1C(=O)N(Cc2ccccc2)C(=O)c2[nH]c3ccccc3c21. The molecule has 1 N–H and O–H groups in total. The average Bonchev–Trinajstić information content (AvgIpc) is 2.97. The van der Waals surface area contributed by atoms with Crippen molar-refractivity contribution >= 4 is 28.5 Å². The lowest BCUT2D eigenvalue weighted by molar-refractivity contribution is -0.124. The van der Waals surface area contributed by atoms with Crippen LogP contribution in [0.5, 0.6) is 0 Å². The van der Waals surface area contributed by atoms with E-state index in [9.17, 15) is 14.4 Å². The number of carbonyl (C=O) groups is 3. The molecule has 0 saturated carbocycles. The molecule has 1 aliphatic rings. The maximum absolute atomic E-state index is 12.7. The van der Waals surface area contributed by atoms with Crippen LogP contribution in [-0.2, 0) is 11.3 Å². The number of carbonyl (C=O) groups excluding carboxylic acids is 3. The second-order valence-electron chi connectivity index (χ2n) is 5.43. The standard InChI is InChI=1S/C18H12N2O3/c21-16-14-12-8-4-5-9-13(12)19-15(14)17(22)20(18(16)23)10-11-6-2-1-3-7-11/h1-9,19H,10H2. The number of benzene rings is 2. The van der Waals surface area contributed by atoms with Gasteiger partial charge in [0.15, 0.2) is 0 Å². The Bertz CT molecular complexity index is 957. The quantitative estimate of drug-likeness (QED) is 0.584. The highest BCUT2D eigenvalue weighted by Gasteiger charge is 2.40. The monoisotopic (exact) mass is 304 g/mol. The minimum absolute atomic E-state index is 0.0824. The van der Waals surface area contributed by atoms with E-state index in [1.54, 1.807) is 18.2 Å². The van der Waals surface area contributed by atoms with Crippen molar-refractivity contribution in [1.29, 1.82) is 0 Å². The molecule has 1 aromatic heterocycles. The molecular weight excluding hydrogens is 292 g/mol. The van der Waals surface area contributed by atoms with Crippen molar-refractivity contribution in [3.05, 3.63) is 71.4 Å². The van der Waals surface area contributed by atoms with Gasteiger partial charge in [0, 0.05) is 10.9 Å². The molecule has 4 rings (SSSR count). The van der Waals surface area contributed by atoms with Gasteiger partial charge in [-0.2, -0.15) is 0 Å². The molecule has 0 radical (unpaired) electrons. The number of ketones is 1. The lowest BCUT2D eigenvalue weighted by Crippen LogP contribution is -2.45. The van der Waals surface area contributed by atoms with Crippen LogP contribution in [0.3, 0.4) is 0 Å². The fourth-order valence-electron chi connectivity index (χ4n) is 2.90. The summed E-state index contributed by atoms with van der Waals surface area (Å²) in [5.41, 5.74) is 1.83. The van der Waals surface area contributed by atoms with Crippen molar-refractivity contribution in [2.45, 2.75) is 6.54 Å². The number of nitrogens with one attached hydrogen (secondary N) is 1. The van der Waals surface area contributed by atoms with Crippen LogP contribution in [0.2, 0.25) is 0 Å². The second kappa shape index (κ2) is 4.91. The number of aromatic amines is 1. The molecule has 23 heavy (non-hydrogen) atoms. The number of hydrogen-bond donors (Lipinski definition) is 1. The molecule has 0 spiro atoms. The van der Waals surface area contributed by atoms with Crippen LogP contribution in [0.1, 0.15) is 26.4 Å². The van der Waals surface area contributed by atoms with E-state index in [0.29, 0.717) is 10.9 Å². The van der Waals surface area contributed by atoms with Gasteiger partial charge in [0.2, 0.25) is 0 Å². The van der Waals surface area contributed by atoms with Gasteiger partial charge in [0.1, 0.15) is 5.69 Å². The molecule has 0 unspecified atom stereocenters. The number of para-hydroxylation sites is 1. The summed E-state index contributed by atoms with van der Waals surface area (Å²) in [6.07, 6.45) is 0. The molecule has 0 aliphatic carbocycles. The number of nitrogens with zero attached hydrogens (tertiary/aromatic N) is 1. The van der Waals surface area contributed by atoms with Gasteiger partial charge in [0.05, 0.1) is 12.1 Å². The molecule has 5 nitrogen and oxygen atoms in total. The van der Waals surface area contributed by atoms with E-state index < -0.39 is 17.6 Å². The molecule has 2 amide bonds. The van der Waals surface area contributed by atoms with E-state index in [-0.39, 0.29) is 17.8 Å². The lowest BCUT2D eigenvalue weighted by atomic mass is 10.0. The van der Waals surface area contributed by atoms with Crippen molar-refractivity contribution in [2.24, 2.45) is 0 Å². The summed E-state index contributed by atoms with van der Waals surface area (Å²) in [4.78, 5) is 41.5. The van der Waals surface area contributed by atoms with E-state index in [1.165, 1.54) is 0 Å². The zero-order valence-electron chi connectivity index (χ0n) is 12.1. The van der Waals surface area contributed by atoms with Gasteiger partial charge in [-0.15, -0.1) is 0 Å². The molecule has 3 aromatic rings. The van der Waals surface area contributed by atoms with E-state index in [1.807, 2.05) is 36.4 Å². The van der Waals surface area contributed by atoms with Gasteiger partial charge < -0.3 is 4.98 Å². The fraction of sp³-hybridized carbons (Fsp3) is 0.0556. The molecule has 0 bridgehead atoms. The van der Waals surface area contributed by atoms with Gasteiger partial charge in [0.25, 0.3) is 11.7 Å². The number of aromatic nitrogens is 1. The Morgan fingerprint density at radius 1 is 0.826 bits per heavy atom. The Morgan fingerprint density at radius 3 is 2.30 bits per heavy atom. The van der Waals surface area contributed by atoms with Crippen LogP contribution in [-0.4, -0.2) is 27.5 Å². The highest BCUT2D eigenvalue weighted by atomic mass is 16.2. The zero-order chi connectivity index (χ0) is 16.0. The highest BCUT2D eigenvalue weighted by molar-refractivity contribution is 6.51. The van der Waals surface area contributed by atoms with Crippen LogP contribution in [0.25, 0.3) is 10.9 Å². The largest absolute Gasteiger partial charge is 0.350 e. The predicted octanol–water partition coefficient (Wildman–Crippen LogP) is 2.53. The Balaban J connectivity index is 1.82. The zero-order valence-corrected chi connectivity index (χ0v) is 12.1. The molecule has 0 fully saturated rings. The number of hydrogen-bond acceptors (Lipinski definition) is 3. The van der Waals surface area contributed by atoms with Crippen LogP contribution in [0, 0.1) is 0 Å². The number of amides is 2. The average molecular weight is 304 g/mol. The topological polar surface area (TPSA) is 70.2 Å². The van der Waals surface area contributed by atoms with Crippen LogP contribution in [0.15, 0.2) is 54.6 Å². The van der Waals surface area contributed by atoms with E-state index >= 15 is 0 Å². The molecule has 2 heterocycles. The minimum Gasteiger partial charge on any atom is -0.350 e. The summed E-state index contributed by atoms with van der Waals surface area (Å²) in [6, 6.07) is 16.2. The van der Waals surface area contributed by atoms with Crippen LogP contribution >= 0.6 is 0 Å². The van der Waals surface area contributed by atoms with Crippen molar-refractivity contribution in [1.82, 2.24) is 9.88 Å². The fourth-order valence-corrected chi connectivity index (χ4v) is 2.90. The first kappa shape index (κ1) is 13.5. The third-order valence-corrected chi connectivity index (χ3v) is 4.02. The number of fused-ring (bicyclic) bond motifs is 3. The Hall–Kier alpha value is -3.21. The van der Waals surface area contributed by atoms with Crippen molar-refractivity contribution in [2.75, 3.05) is 0 Å². The molecule has 2 aromatic carbocycles. The maximum atomic E-state index is 12.7. The summed E-state index contributed by atoms with van der Waals surface area (Å²) >= 11 is 0. The van der Waals surface area contributed by atoms with Gasteiger partial charge in [-0.1, -0.05) is 48.5 Å². The molecule has 5 heteroatoms. The summed E-state index contributed by atoms with van der Waals surface area (Å²) in [7, 11) is 0. The Kier molecular flexibility index (Phi) is 2.87. The molecular formula is C18H12N2O3. The summed E-state index contributed by atoms with van der Waals surface area (Å²) in [5, 5.41) is 0.605. The predicted molar refractivity (Wildman–Crippen MR) is 84.0 cm³/mol. The molecule has 0 saturated heterocycles. The van der Waals surface area contributed by atoms with E-state index in [4.69, 9.17) is 0 Å². The highest BCUT2D eigenvalue weighted by Crippen LogP contribution is 2.28. The maximum Gasteiger partial charge on any atom is 0.302 e. The minimum atomic E-state index is -0.781. The first-order chi connectivity index (χ1) is 11.2. The first-order valence-electron chi connectivity index (χ1n) is 7.22. The number of imide groups is 1. The first-order valence-corrected chi connectivity index (χ1v) is 7.22. The van der Waals surface area contributed by atoms with Gasteiger partial charge in [-0.25, -0.2) is 0 Å². The Morgan fingerprint density at radius 2 is 1.52 bits per heavy atom. The smallest absolute Gasteiger partial charge is 0.302 e. The summed E-state index contributed by atoms with van der Waals surface area (Å²) < 4.78 is 0.